The number of pyridine rings is 1. The van der Waals surface area contributed by atoms with Crippen molar-refractivity contribution >= 4 is 17.5 Å². The number of aryl methyl sites for hydroxylation is 1. The molecule has 0 aromatic carbocycles. The summed E-state index contributed by atoms with van der Waals surface area (Å²) in [7, 11) is 0. The molecule has 2 N–H and O–H groups in total. The van der Waals surface area contributed by atoms with E-state index >= 15 is 0 Å². The molecular weight excluding hydrogens is 358 g/mol. The molecule has 1 unspecified atom stereocenters. The van der Waals surface area contributed by atoms with E-state index in [4.69, 9.17) is 5.11 Å². The van der Waals surface area contributed by atoms with E-state index in [1.165, 1.54) is 29.9 Å². The van der Waals surface area contributed by atoms with Crippen LogP contribution in [0.2, 0.25) is 0 Å². The molecule has 28 heavy (non-hydrogen) atoms. The summed E-state index contributed by atoms with van der Waals surface area (Å²) >= 11 is 0. The first-order chi connectivity index (χ1) is 13.4. The quantitative estimate of drug-likeness (QED) is 0.763. The van der Waals surface area contributed by atoms with Gasteiger partial charge >= 0.3 is 5.97 Å². The standard InChI is InChI=1S/C21H27N3O4/c1-14-9-10-24-18(11-14)22-13-17(21(24)28)20(27)23-16(7-8-19(25)26)12-15-5-3-2-4-6-15/h9-11,13,15-16H,2-8,12H2,1H3,(H,23,27)(H,25,26). The van der Waals surface area contributed by atoms with Crippen molar-refractivity contribution in [3.8, 4) is 0 Å². The first kappa shape index (κ1) is 20.0. The lowest BCUT2D eigenvalue weighted by atomic mass is 9.84. The molecule has 0 radical (unpaired) electrons. The van der Waals surface area contributed by atoms with Gasteiger partial charge in [0.25, 0.3) is 11.5 Å². The summed E-state index contributed by atoms with van der Waals surface area (Å²) in [4.78, 5) is 40.7. The smallest absolute Gasteiger partial charge is 0.303 e. The number of carbonyl (C=O) groups is 2. The van der Waals surface area contributed by atoms with Crippen LogP contribution in [0, 0.1) is 12.8 Å². The molecule has 0 spiro atoms. The minimum atomic E-state index is -0.884. The van der Waals surface area contributed by atoms with Crippen LogP contribution in [0.1, 0.15) is 67.3 Å². The molecule has 1 aliphatic rings. The highest BCUT2D eigenvalue weighted by Crippen LogP contribution is 2.28. The monoisotopic (exact) mass is 385 g/mol. The van der Waals surface area contributed by atoms with Gasteiger partial charge in [-0.15, -0.1) is 0 Å². The number of nitrogens with zero attached hydrogens (tertiary/aromatic N) is 2. The lowest BCUT2D eigenvalue weighted by Gasteiger charge is -2.27. The van der Waals surface area contributed by atoms with Gasteiger partial charge in [0.15, 0.2) is 0 Å². The van der Waals surface area contributed by atoms with Gasteiger partial charge < -0.3 is 10.4 Å². The lowest BCUT2D eigenvalue weighted by Crippen LogP contribution is -2.40. The van der Waals surface area contributed by atoms with Crippen molar-refractivity contribution in [2.24, 2.45) is 5.92 Å². The second-order valence-electron chi connectivity index (χ2n) is 7.75. The number of carboxylic acids is 1. The minimum absolute atomic E-state index is 0.00804. The molecule has 2 heterocycles. The van der Waals surface area contributed by atoms with E-state index in [-0.39, 0.29) is 18.0 Å². The molecule has 2 aromatic rings. The molecule has 7 heteroatoms. The van der Waals surface area contributed by atoms with E-state index in [0.29, 0.717) is 18.0 Å². The van der Waals surface area contributed by atoms with Crippen molar-refractivity contribution < 1.29 is 14.7 Å². The fourth-order valence-corrected chi connectivity index (χ4v) is 3.97. The molecule has 150 valence electrons. The molecule has 7 nitrogen and oxygen atoms in total. The third kappa shape index (κ3) is 4.97. The van der Waals surface area contributed by atoms with Gasteiger partial charge in [-0.25, -0.2) is 4.98 Å². The van der Waals surface area contributed by atoms with Crippen LogP contribution in [0.15, 0.2) is 29.3 Å². The van der Waals surface area contributed by atoms with Crippen molar-refractivity contribution in [2.45, 2.75) is 64.3 Å². The van der Waals surface area contributed by atoms with E-state index in [0.717, 1.165) is 24.8 Å². The first-order valence-electron chi connectivity index (χ1n) is 9.94. The van der Waals surface area contributed by atoms with E-state index in [9.17, 15) is 14.4 Å². The molecule has 0 saturated heterocycles. The van der Waals surface area contributed by atoms with Crippen LogP contribution in [0.4, 0.5) is 0 Å². The summed E-state index contributed by atoms with van der Waals surface area (Å²) in [5.74, 6) is -0.879. The number of hydrogen-bond donors (Lipinski definition) is 2. The Morgan fingerprint density at radius 3 is 2.79 bits per heavy atom. The van der Waals surface area contributed by atoms with Crippen molar-refractivity contribution in [3.05, 3.63) is 46.0 Å². The Morgan fingerprint density at radius 2 is 2.07 bits per heavy atom. The highest BCUT2D eigenvalue weighted by molar-refractivity contribution is 5.94. The predicted octanol–water partition coefficient (Wildman–Crippen LogP) is 2.94. The number of aromatic nitrogens is 2. The molecule has 0 bridgehead atoms. The average molecular weight is 385 g/mol. The fourth-order valence-electron chi connectivity index (χ4n) is 3.97. The Labute approximate surface area is 163 Å². The molecule has 1 amide bonds. The third-order valence-electron chi connectivity index (χ3n) is 5.49. The number of nitrogens with one attached hydrogen (secondary N) is 1. The lowest BCUT2D eigenvalue weighted by molar-refractivity contribution is -0.137. The largest absolute Gasteiger partial charge is 0.481 e. The van der Waals surface area contributed by atoms with Crippen molar-refractivity contribution in [1.29, 1.82) is 0 Å². The highest BCUT2D eigenvalue weighted by atomic mass is 16.4. The third-order valence-corrected chi connectivity index (χ3v) is 5.49. The van der Waals surface area contributed by atoms with Gasteiger partial charge in [-0.2, -0.15) is 0 Å². The Kier molecular flexibility index (Phi) is 6.44. The first-order valence-corrected chi connectivity index (χ1v) is 9.94. The SMILES string of the molecule is Cc1ccn2c(=O)c(C(=O)NC(CCC(=O)O)CC3CCCCC3)cnc2c1. The summed E-state index contributed by atoms with van der Waals surface area (Å²) in [6.07, 6.45) is 9.84. The molecule has 1 atom stereocenters. The van der Waals surface area contributed by atoms with Crippen molar-refractivity contribution in [1.82, 2.24) is 14.7 Å². The molecular formula is C21H27N3O4. The van der Waals surface area contributed by atoms with Gasteiger partial charge in [-0.05, 0) is 43.4 Å². The van der Waals surface area contributed by atoms with E-state index in [1.807, 2.05) is 6.92 Å². The Hall–Kier alpha value is -2.70. The zero-order chi connectivity index (χ0) is 20.1. The maximum atomic E-state index is 12.8. The van der Waals surface area contributed by atoms with Gasteiger partial charge in [-0.1, -0.05) is 32.1 Å². The van der Waals surface area contributed by atoms with E-state index < -0.39 is 17.4 Å². The fraction of sp³-hybridized carbons (Fsp3) is 0.524. The molecule has 1 saturated carbocycles. The number of amides is 1. The number of aliphatic carboxylic acids is 1. The second kappa shape index (κ2) is 8.99. The van der Waals surface area contributed by atoms with Crippen LogP contribution >= 0.6 is 0 Å². The van der Waals surface area contributed by atoms with Crippen LogP contribution in [-0.2, 0) is 4.79 Å². The zero-order valence-corrected chi connectivity index (χ0v) is 16.2. The number of hydrogen-bond acceptors (Lipinski definition) is 4. The summed E-state index contributed by atoms with van der Waals surface area (Å²) < 4.78 is 1.36. The predicted molar refractivity (Wildman–Crippen MR) is 106 cm³/mol. The van der Waals surface area contributed by atoms with Gasteiger partial charge in [0.1, 0.15) is 11.2 Å². The normalized spacial score (nSPS) is 16.0. The Morgan fingerprint density at radius 1 is 1.32 bits per heavy atom. The summed E-state index contributed by atoms with van der Waals surface area (Å²) in [5.41, 5.74) is 1.03. The Bertz CT molecular complexity index is 915. The van der Waals surface area contributed by atoms with Crippen molar-refractivity contribution in [2.75, 3.05) is 0 Å². The van der Waals surface area contributed by atoms with Crippen LogP contribution in [0.5, 0.6) is 0 Å². The average Bonchev–Trinajstić information content (AvgIpc) is 2.67. The minimum Gasteiger partial charge on any atom is -0.481 e. The number of rotatable bonds is 7. The maximum absolute atomic E-state index is 12.8. The Balaban J connectivity index is 1.77. The number of fused-ring (bicyclic) bond motifs is 1. The molecule has 3 rings (SSSR count). The summed E-state index contributed by atoms with van der Waals surface area (Å²) in [6, 6.07) is 3.31. The zero-order valence-electron chi connectivity index (χ0n) is 16.2. The van der Waals surface area contributed by atoms with Crippen molar-refractivity contribution in [3.63, 3.8) is 0 Å². The topological polar surface area (TPSA) is 101 Å². The van der Waals surface area contributed by atoms with Crippen LogP contribution < -0.4 is 10.9 Å². The number of carbonyl (C=O) groups excluding carboxylic acids is 1. The number of carboxylic acid groups (broad SMARTS) is 1. The van der Waals surface area contributed by atoms with Gasteiger partial charge in [0.05, 0.1) is 0 Å². The van der Waals surface area contributed by atoms with Gasteiger partial charge in [0, 0.05) is 24.9 Å². The van der Waals surface area contributed by atoms with Crippen LogP contribution in [0.25, 0.3) is 5.65 Å². The van der Waals surface area contributed by atoms with E-state index in [2.05, 4.69) is 10.3 Å². The van der Waals surface area contributed by atoms with Gasteiger partial charge in [0.2, 0.25) is 0 Å². The molecule has 1 fully saturated rings. The second-order valence-corrected chi connectivity index (χ2v) is 7.75. The maximum Gasteiger partial charge on any atom is 0.303 e. The van der Waals surface area contributed by atoms with Crippen LogP contribution in [0.3, 0.4) is 0 Å². The molecule has 0 aliphatic heterocycles. The summed E-state index contributed by atoms with van der Waals surface area (Å²) in [5, 5.41) is 11.9. The van der Waals surface area contributed by atoms with Crippen LogP contribution in [-0.4, -0.2) is 32.4 Å². The van der Waals surface area contributed by atoms with E-state index in [1.54, 1.807) is 18.3 Å². The molecule has 1 aliphatic carbocycles. The van der Waals surface area contributed by atoms with Gasteiger partial charge in [-0.3, -0.25) is 18.8 Å². The highest BCUT2D eigenvalue weighted by Gasteiger charge is 2.23. The summed E-state index contributed by atoms with van der Waals surface area (Å²) in [6.45, 7) is 1.91. The molecule has 2 aromatic heterocycles.